The van der Waals surface area contributed by atoms with E-state index in [-0.39, 0.29) is 44.8 Å². The molecule has 6 aromatic carbocycles. The van der Waals surface area contributed by atoms with E-state index in [1.165, 1.54) is 56.0 Å². The van der Waals surface area contributed by atoms with Crippen molar-refractivity contribution in [1.29, 1.82) is 0 Å². The third-order valence-electron chi connectivity index (χ3n) is 12.7. The number of esters is 1. The van der Waals surface area contributed by atoms with Crippen LogP contribution in [0.5, 0.6) is 0 Å². The van der Waals surface area contributed by atoms with Crippen LogP contribution >= 0.6 is 45.3 Å². The Labute approximate surface area is 544 Å². The molecule has 0 aliphatic carbocycles. The van der Waals surface area contributed by atoms with Gasteiger partial charge in [-0.2, -0.15) is 30.3 Å². The molecule has 91 heavy (non-hydrogen) atoms. The average molecular weight is 1300 g/mol. The summed E-state index contributed by atoms with van der Waals surface area (Å²) >= 11 is 5.99. The number of nitrogens with two attached hydrogens (primary N) is 1. The van der Waals surface area contributed by atoms with Crippen molar-refractivity contribution in [3.05, 3.63) is 162 Å². The zero-order valence-corrected chi connectivity index (χ0v) is 53.5. The molecule has 3 aliphatic rings. The van der Waals surface area contributed by atoms with Crippen LogP contribution in [0.25, 0.3) is 46.9 Å². The first kappa shape index (κ1) is 70.3. The number of anilines is 6. The number of fused-ring (bicyclic) bond motifs is 4. The maximum Gasteiger partial charge on any atom is 0.313 e. The lowest BCUT2D eigenvalue weighted by Gasteiger charge is -2.12. The van der Waals surface area contributed by atoms with Crippen LogP contribution in [-0.2, 0) is 28.7 Å². The van der Waals surface area contributed by atoms with Gasteiger partial charge in [0.2, 0.25) is 15.4 Å². The Bertz CT molecular complexity index is 4060. The maximum atomic E-state index is 12.9. The van der Waals surface area contributed by atoms with Gasteiger partial charge in [-0.1, -0.05) is 121 Å². The summed E-state index contributed by atoms with van der Waals surface area (Å²) in [4.78, 5) is 88.6. The predicted molar refractivity (Wildman–Crippen MR) is 378 cm³/mol. The van der Waals surface area contributed by atoms with Crippen molar-refractivity contribution < 1.29 is 33.5 Å². The molecule has 0 saturated carbocycles. The first-order chi connectivity index (χ1) is 42.8. The van der Waals surface area contributed by atoms with E-state index in [9.17, 15) is 28.8 Å². The summed E-state index contributed by atoms with van der Waals surface area (Å²) in [6.07, 6.45) is 3.42. The normalized spacial score (nSPS) is 13.3. The molecule has 0 unspecified atom stereocenters. The number of aromatic nitrogens is 4. The van der Waals surface area contributed by atoms with Crippen molar-refractivity contribution >= 4 is 177 Å². The summed E-state index contributed by atoms with van der Waals surface area (Å²) in [7, 11) is 7.94. The lowest BCUT2D eigenvalue weighted by atomic mass is 10.1. The van der Waals surface area contributed by atoms with E-state index in [0.29, 0.717) is 46.1 Å². The van der Waals surface area contributed by atoms with Gasteiger partial charge in [-0.15, -0.1) is 0 Å². The molecular formula is C66H72N14O7S4. The molecule has 25 heteroatoms. The van der Waals surface area contributed by atoms with Gasteiger partial charge in [0.1, 0.15) is 18.5 Å². The molecule has 3 amide bonds. The number of hydrogen-bond donors (Lipinski definition) is 2. The van der Waals surface area contributed by atoms with E-state index in [1.807, 2.05) is 210 Å². The number of Topliss-reactive ketones (excluding diaryl/α,β-unsaturated/α-hetero) is 1. The van der Waals surface area contributed by atoms with Crippen molar-refractivity contribution in [3.63, 3.8) is 0 Å². The van der Waals surface area contributed by atoms with E-state index >= 15 is 0 Å². The third kappa shape index (κ3) is 18.9. The number of hydrazone groups is 3. The largest absolute Gasteiger partial charge is 0.466 e. The smallest absolute Gasteiger partial charge is 0.313 e. The average Bonchev–Trinajstić information content (AvgIpc) is 1.74. The van der Waals surface area contributed by atoms with E-state index in [0.717, 1.165) is 86.2 Å². The molecule has 13 rings (SSSR count). The van der Waals surface area contributed by atoms with Gasteiger partial charge in [-0.25, -0.2) is 25.8 Å². The van der Waals surface area contributed by atoms with Gasteiger partial charge in [-0.05, 0) is 131 Å². The summed E-state index contributed by atoms with van der Waals surface area (Å²) in [5.41, 5.74) is 13.1. The topological polar surface area (TPSA) is 255 Å². The Morgan fingerprint density at radius 3 is 1.29 bits per heavy atom. The number of nitrogens with zero attached hydrogens (tertiary/aromatic N) is 12. The number of benzene rings is 6. The number of ether oxygens (including phenoxy) is 1. The number of rotatable bonds is 11. The lowest BCUT2D eigenvalue weighted by Crippen LogP contribution is -2.21. The van der Waals surface area contributed by atoms with Gasteiger partial charge in [0.25, 0.3) is 17.7 Å². The van der Waals surface area contributed by atoms with Crippen molar-refractivity contribution in [2.45, 2.75) is 68.7 Å². The van der Waals surface area contributed by atoms with Crippen LogP contribution in [0.4, 0.5) is 31.9 Å². The van der Waals surface area contributed by atoms with Crippen molar-refractivity contribution in [2.75, 3.05) is 65.0 Å². The van der Waals surface area contributed by atoms with Crippen LogP contribution in [0.1, 0.15) is 84.7 Å². The number of thiazole rings is 4. The molecule has 7 heterocycles. The van der Waals surface area contributed by atoms with Gasteiger partial charge in [-0.3, -0.25) is 34.2 Å². The zero-order valence-electron chi connectivity index (χ0n) is 50.3. The molecule has 21 nitrogen and oxygen atoms in total. The number of amides is 3. The summed E-state index contributed by atoms with van der Waals surface area (Å²) in [6.45, 7) is 8.96. The molecule has 0 atom stereocenters. The first-order valence-electron chi connectivity index (χ1n) is 27.7. The van der Waals surface area contributed by atoms with Crippen LogP contribution in [-0.4, -0.2) is 108 Å². The zero-order chi connectivity index (χ0) is 63.7. The van der Waals surface area contributed by atoms with Gasteiger partial charge < -0.3 is 14.5 Å². The van der Waals surface area contributed by atoms with Crippen molar-refractivity contribution in [1.82, 2.24) is 19.9 Å². The predicted octanol–water partition coefficient (Wildman–Crippen LogP) is 13.9. The molecule has 10 aromatic rings. The molecule has 4 aromatic heterocycles. The van der Waals surface area contributed by atoms with E-state index in [2.05, 4.69) is 45.4 Å². The number of aldehydes is 1. The Kier molecular flexibility index (Phi) is 25.6. The molecule has 0 fully saturated rings. The Hall–Kier alpha value is -9.79. The second kappa shape index (κ2) is 33.2. The fourth-order valence-corrected chi connectivity index (χ4v) is 11.9. The summed E-state index contributed by atoms with van der Waals surface area (Å²) in [5.74, 6) is 4.47. The highest BCUT2D eigenvalue weighted by Crippen LogP contribution is 2.34. The second-order valence-corrected chi connectivity index (χ2v) is 24.2. The summed E-state index contributed by atoms with van der Waals surface area (Å²) in [5, 5.41) is 19.7. The van der Waals surface area contributed by atoms with E-state index in [1.54, 1.807) is 18.3 Å². The van der Waals surface area contributed by atoms with Gasteiger partial charge in [0.05, 0.1) is 71.6 Å². The molecule has 3 N–H and O–H groups in total. The standard InChI is InChI=1S/C20H18N4OS.2C11H9N3OS.C9H11NO.C7H7N3S.C6H10O3.2CH4/c1-13-16(12-14-8-10-15(11-9-14)23(2)3)19(25)24(22-13)20-21-17-6-4-5-7-18(17)26-20;2*1-7-6-10(15)14(13-7)11-12-8-4-2-3-5-9(8)16-11;1-10(2)9-5-3-8(7-11)4-6-9;8-10-7-9-5-3-1-2-4-6(5)11-7;1-3-9-6(8)4-5(2)7;;/h4-12H,1-3H3;2*2-5H,6H2,1H3;3-7H,1-2H3;1-4H,8H2,(H,9,10);3-4H2,1-2H3;2*1H4/b16-12+;;;;;;;. The Morgan fingerprint density at radius 1 is 0.560 bits per heavy atom. The van der Waals surface area contributed by atoms with Crippen LogP contribution in [0.3, 0.4) is 0 Å². The lowest BCUT2D eigenvalue weighted by molar-refractivity contribution is -0.145. The number of para-hydroxylation sites is 4. The second-order valence-electron chi connectivity index (χ2n) is 20.1. The van der Waals surface area contributed by atoms with Crippen LogP contribution in [0.15, 0.2) is 166 Å². The minimum absolute atomic E-state index is 0. The number of ketones is 1. The number of nitrogen functional groups attached to an aromatic ring is 1. The maximum absolute atomic E-state index is 12.9. The Balaban J connectivity index is 0.000000180. The van der Waals surface area contributed by atoms with Gasteiger partial charge in [0, 0.05) is 56.6 Å². The van der Waals surface area contributed by atoms with Gasteiger partial charge in [0.15, 0.2) is 5.13 Å². The molecule has 0 radical (unpaired) electrons. The monoisotopic (exact) mass is 1300 g/mol. The van der Waals surface area contributed by atoms with Gasteiger partial charge >= 0.3 is 5.97 Å². The quantitative estimate of drug-likeness (QED) is 0.0305. The number of carbonyl (C=O) groups excluding carboxylic acids is 6. The third-order valence-corrected chi connectivity index (χ3v) is 16.7. The minimum atomic E-state index is -0.440. The summed E-state index contributed by atoms with van der Waals surface area (Å²) in [6, 6.07) is 47.0. The minimum Gasteiger partial charge on any atom is -0.466 e. The number of nitrogens with one attached hydrogen (secondary N) is 1. The highest BCUT2D eigenvalue weighted by molar-refractivity contribution is 7.23. The molecule has 0 saturated heterocycles. The molecule has 472 valence electrons. The SMILES string of the molecule is C.C.CC1=NN(c2nc3ccccc3s2)C(=O)/C1=C/c1ccc(N(C)C)cc1.CC1=NN(c2nc3ccccc3s2)C(=O)C1.CC1=NN(c2nc3ccccc3s2)C(=O)C1.CCOC(=O)CC(C)=O.CN(C)c1ccc(C=O)cc1.NNc1nc2ccccc2s1. The van der Waals surface area contributed by atoms with Crippen LogP contribution in [0, 0.1) is 0 Å². The fourth-order valence-electron chi connectivity index (χ4n) is 8.31. The van der Waals surface area contributed by atoms with Crippen molar-refractivity contribution in [3.8, 4) is 0 Å². The number of hydrogen-bond acceptors (Lipinski definition) is 22. The van der Waals surface area contributed by atoms with E-state index in [4.69, 9.17) is 5.84 Å². The van der Waals surface area contributed by atoms with E-state index < -0.39 is 5.97 Å². The first-order valence-corrected chi connectivity index (χ1v) is 31.0. The van der Waals surface area contributed by atoms with Crippen LogP contribution in [0.2, 0.25) is 0 Å². The molecule has 0 spiro atoms. The molecule has 3 aliphatic heterocycles. The summed E-state index contributed by atoms with van der Waals surface area (Å²) < 4.78 is 8.84. The fraction of sp³-hybridized carbons (Fsp3) is 0.227. The molecule has 0 bridgehead atoms. The number of hydrazine groups is 1. The van der Waals surface area contributed by atoms with Crippen molar-refractivity contribution in [2.24, 2.45) is 21.1 Å². The van der Waals surface area contributed by atoms with Crippen LogP contribution < -0.4 is 36.1 Å². The number of carbonyl (C=O) groups is 6. The molecular weight excluding hydrogens is 1230 g/mol. The highest BCUT2D eigenvalue weighted by Gasteiger charge is 2.31. The Morgan fingerprint density at radius 2 is 0.945 bits per heavy atom. The highest BCUT2D eigenvalue weighted by atomic mass is 32.1.